The van der Waals surface area contributed by atoms with Crippen LogP contribution in [-0.2, 0) is 15.4 Å². The van der Waals surface area contributed by atoms with Crippen LogP contribution < -0.4 is 0 Å². The highest BCUT2D eigenvalue weighted by atomic mass is 17.2. The van der Waals surface area contributed by atoms with Crippen molar-refractivity contribution in [2.24, 2.45) is 0 Å². The fourth-order valence-electron chi connectivity index (χ4n) is 1.43. The van der Waals surface area contributed by atoms with Crippen molar-refractivity contribution in [3.63, 3.8) is 0 Å². The molecule has 1 rings (SSSR count). The molecule has 0 heterocycles. The number of ketones is 1. The molecule has 0 spiro atoms. The van der Waals surface area contributed by atoms with E-state index in [-0.39, 0.29) is 11.4 Å². The van der Waals surface area contributed by atoms with E-state index in [2.05, 4.69) is 6.92 Å². The summed E-state index contributed by atoms with van der Waals surface area (Å²) in [7, 11) is 0. The van der Waals surface area contributed by atoms with Crippen LogP contribution in [0.3, 0.4) is 0 Å². The van der Waals surface area contributed by atoms with Gasteiger partial charge >= 0.3 is 0 Å². The first-order valence-electron chi connectivity index (χ1n) is 6.66. The maximum absolute atomic E-state index is 11.2. The molecule has 0 aliphatic rings. The summed E-state index contributed by atoms with van der Waals surface area (Å²) in [6, 6.07) is 7.43. The smallest absolute Gasteiger partial charge is 0.159 e. The molecule has 0 saturated carbocycles. The lowest BCUT2D eigenvalue weighted by molar-refractivity contribution is -0.405. The molecule has 0 N–H and O–H groups in total. The van der Waals surface area contributed by atoms with Crippen molar-refractivity contribution in [1.29, 1.82) is 0 Å². The third kappa shape index (κ3) is 4.44. The molecule has 0 unspecified atom stereocenters. The molecule has 0 amide bonds. The normalized spacial score (nSPS) is 12.5. The zero-order chi connectivity index (χ0) is 14.7. The number of hydrogen-bond donors (Lipinski definition) is 0. The van der Waals surface area contributed by atoms with Crippen molar-refractivity contribution in [3.05, 3.63) is 35.4 Å². The molecule has 0 bridgehead atoms. The van der Waals surface area contributed by atoms with Crippen LogP contribution in [0.25, 0.3) is 0 Å². The van der Waals surface area contributed by atoms with E-state index in [1.165, 1.54) is 0 Å². The molecule has 0 radical (unpaired) electrons. The van der Waals surface area contributed by atoms with Crippen molar-refractivity contribution in [2.75, 3.05) is 0 Å². The maximum atomic E-state index is 11.2. The van der Waals surface area contributed by atoms with Gasteiger partial charge in [0.2, 0.25) is 0 Å². The Kier molecular flexibility index (Phi) is 4.88. The molecular formula is C16H24O3. The highest BCUT2D eigenvalue weighted by molar-refractivity contribution is 5.94. The van der Waals surface area contributed by atoms with Crippen LogP contribution in [0.2, 0.25) is 0 Å². The Bertz CT molecular complexity index is 430. The predicted octanol–water partition coefficient (Wildman–Crippen LogP) is 4.26. The van der Waals surface area contributed by atoms with E-state index in [4.69, 9.17) is 9.78 Å². The van der Waals surface area contributed by atoms with Gasteiger partial charge in [-0.2, -0.15) is 0 Å². The Balaban J connectivity index is 2.79. The van der Waals surface area contributed by atoms with Gasteiger partial charge in [0.25, 0.3) is 0 Å². The summed E-state index contributed by atoms with van der Waals surface area (Å²) in [4.78, 5) is 22.3. The Morgan fingerprint density at radius 2 is 1.58 bits per heavy atom. The maximum Gasteiger partial charge on any atom is 0.159 e. The van der Waals surface area contributed by atoms with Crippen LogP contribution in [-0.4, -0.2) is 11.4 Å². The monoisotopic (exact) mass is 264 g/mol. The van der Waals surface area contributed by atoms with E-state index >= 15 is 0 Å². The second kappa shape index (κ2) is 5.85. The van der Waals surface area contributed by atoms with E-state index in [1.807, 2.05) is 52.0 Å². The van der Waals surface area contributed by atoms with Crippen LogP contribution in [0.1, 0.15) is 63.9 Å². The summed E-state index contributed by atoms with van der Waals surface area (Å²) in [6.07, 6.45) is 0.867. The number of rotatable bonds is 6. The third-order valence-electron chi connectivity index (χ3n) is 3.31. The average molecular weight is 264 g/mol. The molecule has 3 heteroatoms. The first kappa shape index (κ1) is 15.9. The largest absolute Gasteiger partial charge is 0.295 e. The van der Waals surface area contributed by atoms with Crippen molar-refractivity contribution in [3.8, 4) is 0 Å². The van der Waals surface area contributed by atoms with Crippen molar-refractivity contribution >= 4 is 5.78 Å². The van der Waals surface area contributed by atoms with E-state index in [1.54, 1.807) is 6.92 Å². The number of carbonyl (C=O) groups excluding carboxylic acids is 1. The molecule has 3 nitrogen and oxygen atoms in total. The van der Waals surface area contributed by atoms with Gasteiger partial charge < -0.3 is 0 Å². The Morgan fingerprint density at radius 1 is 1.05 bits per heavy atom. The third-order valence-corrected chi connectivity index (χ3v) is 3.31. The highest BCUT2D eigenvalue weighted by Gasteiger charge is 2.27. The minimum Gasteiger partial charge on any atom is -0.295 e. The fraction of sp³-hybridized carbons (Fsp3) is 0.562. The molecule has 0 aromatic heterocycles. The van der Waals surface area contributed by atoms with Gasteiger partial charge in [0.1, 0.15) is 5.60 Å². The predicted molar refractivity (Wildman–Crippen MR) is 76.0 cm³/mol. The van der Waals surface area contributed by atoms with Crippen LogP contribution in [0.4, 0.5) is 0 Å². The van der Waals surface area contributed by atoms with Gasteiger partial charge in [-0.25, -0.2) is 9.78 Å². The molecule has 0 aliphatic carbocycles. The summed E-state index contributed by atoms with van der Waals surface area (Å²) in [5.41, 5.74) is 0.817. The standard InChI is InChI=1S/C16H24O3/c1-7-15(3,4)18-19-16(5,6)14-10-8-13(9-11-14)12(2)17/h8-11H,7H2,1-6H3. The Labute approximate surface area is 115 Å². The summed E-state index contributed by atoms with van der Waals surface area (Å²) in [5.74, 6) is 0.0636. The van der Waals surface area contributed by atoms with E-state index in [0.29, 0.717) is 5.56 Å². The van der Waals surface area contributed by atoms with E-state index in [0.717, 1.165) is 12.0 Å². The van der Waals surface area contributed by atoms with Gasteiger partial charge in [-0.1, -0.05) is 31.2 Å². The van der Waals surface area contributed by atoms with Gasteiger partial charge in [0.15, 0.2) is 5.78 Å². The molecule has 106 valence electrons. The van der Waals surface area contributed by atoms with Crippen LogP contribution >= 0.6 is 0 Å². The SMILES string of the molecule is CCC(C)(C)OOC(C)(C)c1ccc(C(C)=O)cc1. The average Bonchev–Trinajstić information content (AvgIpc) is 2.37. The van der Waals surface area contributed by atoms with Crippen molar-refractivity contribution in [1.82, 2.24) is 0 Å². The summed E-state index contributed by atoms with van der Waals surface area (Å²) in [6.45, 7) is 11.5. The van der Waals surface area contributed by atoms with Crippen LogP contribution in [0, 0.1) is 0 Å². The van der Waals surface area contributed by atoms with Gasteiger partial charge in [-0.3, -0.25) is 4.79 Å². The first-order chi connectivity index (χ1) is 8.68. The topological polar surface area (TPSA) is 35.5 Å². The molecule has 0 saturated heterocycles. The van der Waals surface area contributed by atoms with Gasteiger partial charge in [0, 0.05) is 5.56 Å². The number of hydrogen-bond acceptors (Lipinski definition) is 3. The highest BCUT2D eigenvalue weighted by Crippen LogP contribution is 2.28. The van der Waals surface area contributed by atoms with E-state index < -0.39 is 5.60 Å². The number of carbonyl (C=O) groups is 1. The second-order valence-corrected chi connectivity index (χ2v) is 5.92. The lowest BCUT2D eigenvalue weighted by Crippen LogP contribution is -2.30. The summed E-state index contributed by atoms with van der Waals surface area (Å²) < 4.78 is 0. The zero-order valence-electron chi connectivity index (χ0n) is 12.7. The van der Waals surface area contributed by atoms with E-state index in [9.17, 15) is 4.79 Å². The number of Topliss-reactive ketones (excluding diaryl/α,β-unsaturated/α-hetero) is 1. The minimum absolute atomic E-state index is 0.0636. The second-order valence-electron chi connectivity index (χ2n) is 5.92. The molecular weight excluding hydrogens is 240 g/mol. The lowest BCUT2D eigenvalue weighted by Gasteiger charge is -2.30. The fourth-order valence-corrected chi connectivity index (χ4v) is 1.43. The number of benzene rings is 1. The first-order valence-corrected chi connectivity index (χ1v) is 6.66. The Morgan fingerprint density at radius 3 is 2.00 bits per heavy atom. The van der Waals surface area contributed by atoms with Crippen LogP contribution in [0.5, 0.6) is 0 Å². The molecule has 0 atom stereocenters. The van der Waals surface area contributed by atoms with Gasteiger partial charge in [-0.15, -0.1) is 0 Å². The van der Waals surface area contributed by atoms with Crippen molar-refractivity contribution in [2.45, 2.75) is 59.2 Å². The molecule has 0 aliphatic heterocycles. The molecule has 1 aromatic carbocycles. The van der Waals surface area contributed by atoms with Crippen molar-refractivity contribution < 1.29 is 14.6 Å². The Hall–Kier alpha value is -1.19. The van der Waals surface area contributed by atoms with Gasteiger partial charge in [0.05, 0.1) is 5.60 Å². The minimum atomic E-state index is -0.554. The molecule has 0 fully saturated rings. The summed E-state index contributed by atoms with van der Waals surface area (Å²) in [5, 5.41) is 0. The van der Waals surface area contributed by atoms with Gasteiger partial charge in [-0.05, 0) is 46.6 Å². The van der Waals surface area contributed by atoms with Crippen LogP contribution in [0.15, 0.2) is 24.3 Å². The molecule has 1 aromatic rings. The zero-order valence-corrected chi connectivity index (χ0v) is 12.7. The molecule has 19 heavy (non-hydrogen) atoms. The summed E-state index contributed by atoms with van der Waals surface area (Å²) >= 11 is 0. The quantitative estimate of drug-likeness (QED) is 0.437. The lowest BCUT2D eigenvalue weighted by atomic mass is 9.96.